The van der Waals surface area contributed by atoms with Gasteiger partial charge in [-0.05, 0) is 103 Å². The second kappa shape index (κ2) is 7.03. The highest BCUT2D eigenvalue weighted by Gasteiger charge is 2.60. The topological polar surface area (TPSA) is 60.2 Å². The van der Waals surface area contributed by atoms with E-state index in [1.54, 1.807) is 12.1 Å². The second-order valence-corrected chi connectivity index (χ2v) is 10.9. The number of carbonyl (C=O) groups excluding carboxylic acids is 1. The zero-order chi connectivity index (χ0) is 21.1. The zero-order valence-electron chi connectivity index (χ0n) is 18.2. The van der Waals surface area contributed by atoms with Crippen LogP contribution in [0, 0.1) is 44.6 Å². The number of nitrogens with zero attached hydrogens (tertiary/aromatic N) is 1. The minimum Gasteiger partial charge on any atom is -0.294 e. The standard InChI is InChI=1S/C26H33NO3/c1-25-13-4-3-5-19(25)8-11-21-22(25)12-14-26(2)23(21)16-18(24(26)28)15-17-6-9-20(10-7-17)27(29)30/h6-7,9-10,15,19,21-23H,3-5,8,11-14,16H2,1-2H3/b18-15+/t19-,21+,22-,23-,25+,26-/m1/s1. The maximum absolute atomic E-state index is 13.5. The highest BCUT2D eigenvalue weighted by molar-refractivity contribution is 6.05. The Hall–Kier alpha value is -1.97. The lowest BCUT2D eigenvalue weighted by molar-refractivity contribution is -0.384. The van der Waals surface area contributed by atoms with E-state index in [9.17, 15) is 14.9 Å². The minimum absolute atomic E-state index is 0.0934. The van der Waals surface area contributed by atoms with Crippen molar-refractivity contribution in [1.29, 1.82) is 0 Å². The molecule has 0 heterocycles. The van der Waals surface area contributed by atoms with Crippen molar-refractivity contribution in [2.24, 2.45) is 34.5 Å². The van der Waals surface area contributed by atoms with Gasteiger partial charge in [-0.3, -0.25) is 14.9 Å². The third-order valence-corrected chi connectivity index (χ3v) is 9.67. The summed E-state index contributed by atoms with van der Waals surface area (Å²) in [6.07, 6.45) is 13.3. The fourth-order valence-electron chi connectivity index (χ4n) is 7.99. The summed E-state index contributed by atoms with van der Waals surface area (Å²) >= 11 is 0. The number of hydrogen-bond donors (Lipinski definition) is 0. The van der Waals surface area contributed by atoms with Gasteiger partial charge >= 0.3 is 0 Å². The molecule has 0 aliphatic heterocycles. The predicted molar refractivity (Wildman–Crippen MR) is 118 cm³/mol. The Morgan fingerprint density at radius 3 is 2.50 bits per heavy atom. The number of nitro benzene ring substituents is 1. The number of hydrogen-bond acceptors (Lipinski definition) is 3. The summed E-state index contributed by atoms with van der Waals surface area (Å²) in [4.78, 5) is 24.0. The maximum atomic E-state index is 13.5. The molecule has 5 rings (SSSR count). The van der Waals surface area contributed by atoms with Crippen LogP contribution >= 0.6 is 0 Å². The molecule has 0 saturated heterocycles. The molecule has 0 bridgehead atoms. The first-order chi connectivity index (χ1) is 14.3. The van der Waals surface area contributed by atoms with Crippen LogP contribution in [0.4, 0.5) is 5.69 Å². The third-order valence-electron chi connectivity index (χ3n) is 9.67. The molecule has 1 aromatic carbocycles. The molecule has 0 radical (unpaired) electrons. The zero-order valence-corrected chi connectivity index (χ0v) is 18.2. The SMILES string of the molecule is C[C@]12CCCC[C@@H]1CC[C@H]1[C@H]2CC[C@@]2(C)C(=O)/C(=C/c3ccc([N+](=O)[O-])cc3)C[C@H]12. The summed E-state index contributed by atoms with van der Waals surface area (Å²) in [5.74, 6) is 3.15. The quantitative estimate of drug-likeness (QED) is 0.316. The van der Waals surface area contributed by atoms with Crippen LogP contribution in [-0.2, 0) is 4.79 Å². The molecular weight excluding hydrogens is 374 g/mol. The Morgan fingerprint density at radius 1 is 1.00 bits per heavy atom. The van der Waals surface area contributed by atoms with E-state index in [0.29, 0.717) is 23.0 Å². The van der Waals surface area contributed by atoms with E-state index in [1.165, 1.54) is 57.1 Å². The van der Waals surface area contributed by atoms with Crippen LogP contribution in [0.2, 0.25) is 0 Å². The molecule has 0 N–H and O–H groups in total. The molecule has 30 heavy (non-hydrogen) atoms. The Labute approximate surface area is 179 Å². The molecule has 0 aromatic heterocycles. The summed E-state index contributed by atoms with van der Waals surface area (Å²) in [5, 5.41) is 10.9. The van der Waals surface area contributed by atoms with Gasteiger partial charge in [0.05, 0.1) is 4.92 Å². The van der Waals surface area contributed by atoms with Gasteiger partial charge in [0, 0.05) is 17.5 Å². The Kier molecular flexibility index (Phi) is 4.68. The largest absolute Gasteiger partial charge is 0.294 e. The number of ketones is 1. The normalized spacial score (nSPS) is 41.8. The fourth-order valence-corrected chi connectivity index (χ4v) is 7.99. The first-order valence-electron chi connectivity index (χ1n) is 11.8. The van der Waals surface area contributed by atoms with Crippen molar-refractivity contribution in [3.8, 4) is 0 Å². The van der Waals surface area contributed by atoms with Crippen molar-refractivity contribution in [2.45, 2.75) is 71.6 Å². The second-order valence-electron chi connectivity index (χ2n) is 10.9. The van der Waals surface area contributed by atoms with Crippen LogP contribution < -0.4 is 0 Å². The number of fused-ring (bicyclic) bond motifs is 5. The molecule has 1 aromatic rings. The number of benzene rings is 1. The third kappa shape index (κ3) is 2.90. The summed E-state index contributed by atoms with van der Waals surface area (Å²) in [6, 6.07) is 6.59. The van der Waals surface area contributed by atoms with Gasteiger partial charge in [-0.2, -0.15) is 0 Å². The molecule has 0 unspecified atom stereocenters. The summed E-state index contributed by atoms with van der Waals surface area (Å²) in [5.41, 5.74) is 2.19. The van der Waals surface area contributed by atoms with Gasteiger partial charge in [0.25, 0.3) is 5.69 Å². The van der Waals surface area contributed by atoms with Crippen molar-refractivity contribution < 1.29 is 9.72 Å². The van der Waals surface area contributed by atoms with Crippen LogP contribution in [0.3, 0.4) is 0 Å². The molecule has 4 heteroatoms. The van der Waals surface area contributed by atoms with Crippen molar-refractivity contribution in [3.63, 3.8) is 0 Å². The average molecular weight is 408 g/mol. The van der Waals surface area contributed by atoms with E-state index in [2.05, 4.69) is 13.8 Å². The van der Waals surface area contributed by atoms with Crippen LogP contribution in [0.5, 0.6) is 0 Å². The first kappa shape index (κ1) is 20.0. The van der Waals surface area contributed by atoms with Crippen LogP contribution in [-0.4, -0.2) is 10.7 Å². The van der Waals surface area contributed by atoms with Crippen LogP contribution in [0.25, 0.3) is 6.08 Å². The summed E-state index contributed by atoms with van der Waals surface area (Å²) < 4.78 is 0. The molecule has 160 valence electrons. The van der Waals surface area contributed by atoms with E-state index >= 15 is 0 Å². The van der Waals surface area contributed by atoms with Gasteiger partial charge in [0.15, 0.2) is 5.78 Å². The lowest BCUT2D eigenvalue weighted by Crippen LogP contribution is -2.52. The van der Waals surface area contributed by atoms with Gasteiger partial charge in [-0.1, -0.05) is 26.7 Å². The molecule has 4 aliphatic carbocycles. The fraction of sp³-hybridized carbons (Fsp3) is 0.654. The van der Waals surface area contributed by atoms with Gasteiger partial charge in [0.2, 0.25) is 0 Å². The lowest BCUT2D eigenvalue weighted by Gasteiger charge is -2.59. The van der Waals surface area contributed by atoms with E-state index < -0.39 is 0 Å². The van der Waals surface area contributed by atoms with Gasteiger partial charge in [-0.15, -0.1) is 0 Å². The Balaban J connectivity index is 1.43. The van der Waals surface area contributed by atoms with E-state index in [4.69, 9.17) is 0 Å². The maximum Gasteiger partial charge on any atom is 0.269 e. The van der Waals surface area contributed by atoms with Crippen molar-refractivity contribution >= 4 is 17.5 Å². The molecule has 0 amide bonds. The molecule has 4 saturated carbocycles. The molecule has 0 spiro atoms. The molecule has 4 aliphatic rings. The van der Waals surface area contributed by atoms with Gasteiger partial charge < -0.3 is 0 Å². The van der Waals surface area contributed by atoms with E-state index in [0.717, 1.165) is 35.8 Å². The minimum atomic E-state index is -0.379. The van der Waals surface area contributed by atoms with Crippen molar-refractivity contribution in [1.82, 2.24) is 0 Å². The summed E-state index contributed by atoms with van der Waals surface area (Å²) in [6.45, 7) is 4.79. The van der Waals surface area contributed by atoms with Gasteiger partial charge in [-0.25, -0.2) is 0 Å². The highest BCUT2D eigenvalue weighted by atomic mass is 16.6. The highest BCUT2D eigenvalue weighted by Crippen LogP contribution is 2.66. The predicted octanol–water partition coefficient (Wildman–Crippen LogP) is 6.59. The number of rotatable bonds is 2. The lowest BCUT2D eigenvalue weighted by atomic mass is 9.45. The summed E-state index contributed by atoms with van der Waals surface area (Å²) in [7, 11) is 0. The number of carbonyl (C=O) groups is 1. The first-order valence-corrected chi connectivity index (χ1v) is 11.8. The number of nitro groups is 1. The van der Waals surface area contributed by atoms with Crippen molar-refractivity contribution in [2.75, 3.05) is 0 Å². The number of allylic oxidation sites excluding steroid dienone is 1. The number of Topliss-reactive ketones (excluding diaryl/α,β-unsaturated/α-hetero) is 1. The average Bonchev–Trinajstić information content (AvgIpc) is 2.98. The molecule has 4 nitrogen and oxygen atoms in total. The smallest absolute Gasteiger partial charge is 0.269 e. The van der Waals surface area contributed by atoms with E-state index in [-0.39, 0.29) is 16.0 Å². The number of non-ortho nitro benzene ring substituents is 1. The van der Waals surface area contributed by atoms with Crippen molar-refractivity contribution in [3.05, 3.63) is 45.5 Å². The van der Waals surface area contributed by atoms with E-state index in [1.807, 2.05) is 6.08 Å². The molecule has 4 fully saturated rings. The Bertz CT molecular complexity index is 903. The monoisotopic (exact) mass is 407 g/mol. The van der Waals surface area contributed by atoms with Crippen LogP contribution in [0.15, 0.2) is 29.8 Å². The Morgan fingerprint density at radius 2 is 1.77 bits per heavy atom. The molecular formula is C26H33NO3. The van der Waals surface area contributed by atoms with Gasteiger partial charge in [0.1, 0.15) is 0 Å². The molecule has 6 atom stereocenters. The van der Waals surface area contributed by atoms with Crippen LogP contribution in [0.1, 0.15) is 77.2 Å².